The van der Waals surface area contributed by atoms with Crippen molar-refractivity contribution < 1.29 is 19.1 Å². The lowest BCUT2D eigenvalue weighted by Gasteiger charge is -2.28. The molecule has 0 unspecified atom stereocenters. The van der Waals surface area contributed by atoms with Gasteiger partial charge in [0.2, 0.25) is 5.91 Å². The Hall–Kier alpha value is -2.84. The molecule has 0 atom stereocenters. The molecule has 164 valence electrons. The summed E-state index contributed by atoms with van der Waals surface area (Å²) in [6.07, 6.45) is 2.58. The number of methoxy groups -OCH3 is 2. The Morgan fingerprint density at radius 3 is 2.33 bits per heavy atom. The van der Waals surface area contributed by atoms with Crippen LogP contribution in [0.2, 0.25) is 0 Å². The number of aromatic nitrogens is 1. The molecule has 0 aliphatic carbocycles. The molecule has 0 saturated carbocycles. The van der Waals surface area contributed by atoms with Gasteiger partial charge in [0.15, 0.2) is 0 Å². The van der Waals surface area contributed by atoms with Gasteiger partial charge >= 0.3 is 6.03 Å². The lowest BCUT2D eigenvalue weighted by atomic mass is 10.3. The van der Waals surface area contributed by atoms with Crippen molar-refractivity contribution in [1.82, 2.24) is 14.4 Å². The van der Waals surface area contributed by atoms with Crippen LogP contribution in [-0.2, 0) is 27.9 Å². The number of aryl methyl sites for hydroxylation is 1. The smallest absolute Gasteiger partial charge is 0.322 e. The zero-order valence-electron chi connectivity index (χ0n) is 18.0. The number of hydrogen-bond donors (Lipinski definition) is 1. The summed E-state index contributed by atoms with van der Waals surface area (Å²) in [5.74, 6) is -0.131. The SMILES string of the molecule is COCCCN(CC(=O)N(CCOC)Cc1cccn1C)C(=O)Nc1ccccc1. The minimum absolute atomic E-state index is 0.0173. The van der Waals surface area contributed by atoms with Gasteiger partial charge in [-0.15, -0.1) is 0 Å². The van der Waals surface area contributed by atoms with Crippen molar-refractivity contribution >= 4 is 17.6 Å². The number of carbonyl (C=O) groups is 2. The maximum atomic E-state index is 13.1. The van der Waals surface area contributed by atoms with Crippen molar-refractivity contribution in [2.24, 2.45) is 7.05 Å². The van der Waals surface area contributed by atoms with E-state index in [1.807, 2.05) is 60.3 Å². The summed E-state index contributed by atoms with van der Waals surface area (Å²) >= 11 is 0. The topological polar surface area (TPSA) is 76.0 Å². The van der Waals surface area contributed by atoms with E-state index in [1.54, 1.807) is 19.1 Å². The second kappa shape index (κ2) is 12.7. The molecule has 8 nitrogen and oxygen atoms in total. The highest BCUT2D eigenvalue weighted by Crippen LogP contribution is 2.10. The van der Waals surface area contributed by atoms with Crippen LogP contribution in [-0.4, -0.2) is 73.4 Å². The molecule has 0 fully saturated rings. The molecule has 0 bridgehead atoms. The first-order chi connectivity index (χ1) is 14.5. The van der Waals surface area contributed by atoms with E-state index in [0.29, 0.717) is 45.0 Å². The summed E-state index contributed by atoms with van der Waals surface area (Å²) in [5, 5.41) is 2.86. The molecule has 2 aromatic rings. The number of carbonyl (C=O) groups excluding carboxylic acids is 2. The summed E-state index contributed by atoms with van der Waals surface area (Å²) in [5.41, 5.74) is 1.70. The molecule has 1 N–H and O–H groups in total. The fourth-order valence-electron chi connectivity index (χ4n) is 2.99. The van der Waals surface area contributed by atoms with Crippen molar-refractivity contribution in [2.45, 2.75) is 13.0 Å². The fourth-order valence-corrected chi connectivity index (χ4v) is 2.99. The molecule has 1 aromatic carbocycles. The van der Waals surface area contributed by atoms with Crippen LogP contribution < -0.4 is 5.32 Å². The zero-order valence-corrected chi connectivity index (χ0v) is 18.0. The predicted molar refractivity (Wildman–Crippen MR) is 116 cm³/mol. The van der Waals surface area contributed by atoms with Crippen LogP contribution in [0.1, 0.15) is 12.1 Å². The van der Waals surface area contributed by atoms with Gasteiger partial charge in [-0.1, -0.05) is 18.2 Å². The molecule has 0 aliphatic heterocycles. The highest BCUT2D eigenvalue weighted by molar-refractivity contribution is 5.92. The summed E-state index contributed by atoms with van der Waals surface area (Å²) in [7, 11) is 5.17. The highest BCUT2D eigenvalue weighted by atomic mass is 16.5. The third-order valence-corrected chi connectivity index (χ3v) is 4.74. The van der Waals surface area contributed by atoms with Gasteiger partial charge in [-0.05, 0) is 30.7 Å². The monoisotopic (exact) mass is 416 g/mol. The molecule has 1 heterocycles. The van der Waals surface area contributed by atoms with Gasteiger partial charge in [-0.25, -0.2) is 4.79 Å². The van der Waals surface area contributed by atoms with Gasteiger partial charge in [0.1, 0.15) is 6.54 Å². The number of nitrogens with one attached hydrogen (secondary N) is 1. The third-order valence-electron chi connectivity index (χ3n) is 4.74. The normalized spacial score (nSPS) is 10.6. The molecule has 3 amide bonds. The quantitative estimate of drug-likeness (QED) is 0.540. The lowest BCUT2D eigenvalue weighted by molar-refractivity contribution is -0.133. The van der Waals surface area contributed by atoms with Crippen LogP contribution in [0.5, 0.6) is 0 Å². The molecule has 30 heavy (non-hydrogen) atoms. The van der Waals surface area contributed by atoms with E-state index in [-0.39, 0.29) is 18.5 Å². The first kappa shape index (κ1) is 23.4. The summed E-state index contributed by atoms with van der Waals surface area (Å²) < 4.78 is 12.3. The molecule has 0 saturated heterocycles. The van der Waals surface area contributed by atoms with Gasteiger partial charge in [0.25, 0.3) is 0 Å². The second-order valence-corrected chi connectivity index (χ2v) is 6.98. The minimum atomic E-state index is -0.309. The highest BCUT2D eigenvalue weighted by Gasteiger charge is 2.22. The van der Waals surface area contributed by atoms with E-state index >= 15 is 0 Å². The first-order valence-electron chi connectivity index (χ1n) is 10.0. The van der Waals surface area contributed by atoms with Crippen molar-refractivity contribution in [1.29, 1.82) is 0 Å². The van der Waals surface area contributed by atoms with Crippen molar-refractivity contribution in [3.63, 3.8) is 0 Å². The van der Waals surface area contributed by atoms with E-state index in [9.17, 15) is 9.59 Å². The Morgan fingerprint density at radius 1 is 0.967 bits per heavy atom. The van der Waals surface area contributed by atoms with Crippen LogP contribution in [0.3, 0.4) is 0 Å². The standard InChI is InChI=1S/C22H32N4O4/c1-24-12-7-11-20(24)17-25(14-16-30-3)21(27)18-26(13-8-15-29-2)22(28)23-19-9-5-4-6-10-19/h4-7,9-12H,8,13-18H2,1-3H3,(H,23,28). The lowest BCUT2D eigenvalue weighted by Crippen LogP contribution is -2.45. The molecule has 2 rings (SSSR count). The first-order valence-corrected chi connectivity index (χ1v) is 10.0. The van der Waals surface area contributed by atoms with Gasteiger partial charge in [-0.3, -0.25) is 4.79 Å². The number of anilines is 1. The van der Waals surface area contributed by atoms with Gasteiger partial charge in [0.05, 0.1) is 13.2 Å². The Bertz CT molecular complexity index is 778. The summed E-state index contributed by atoms with van der Waals surface area (Å²) in [6.45, 7) is 2.25. The van der Waals surface area contributed by atoms with Crippen LogP contribution in [0.4, 0.5) is 10.5 Å². The van der Waals surface area contributed by atoms with E-state index in [4.69, 9.17) is 9.47 Å². The number of ether oxygens (including phenoxy) is 2. The molecule has 8 heteroatoms. The van der Waals surface area contributed by atoms with Gasteiger partial charge < -0.3 is 29.2 Å². The maximum absolute atomic E-state index is 13.1. The Morgan fingerprint density at radius 2 is 1.70 bits per heavy atom. The van der Waals surface area contributed by atoms with E-state index in [1.165, 1.54) is 4.90 Å². The number of rotatable bonds is 12. The van der Waals surface area contributed by atoms with Crippen LogP contribution >= 0.6 is 0 Å². The number of benzene rings is 1. The average Bonchev–Trinajstić information content (AvgIpc) is 3.15. The Labute approximate surface area is 178 Å². The number of amides is 3. The number of nitrogens with zero attached hydrogens (tertiary/aromatic N) is 3. The molecular formula is C22H32N4O4. The average molecular weight is 417 g/mol. The second-order valence-electron chi connectivity index (χ2n) is 6.98. The fraction of sp³-hybridized carbons (Fsp3) is 0.455. The molecule has 0 aliphatic rings. The summed E-state index contributed by atoms with van der Waals surface area (Å²) in [6, 6.07) is 12.8. The van der Waals surface area contributed by atoms with E-state index in [2.05, 4.69) is 5.32 Å². The Balaban J connectivity index is 2.08. The van der Waals surface area contributed by atoms with Crippen LogP contribution in [0.25, 0.3) is 0 Å². The minimum Gasteiger partial charge on any atom is -0.385 e. The van der Waals surface area contributed by atoms with Crippen LogP contribution in [0.15, 0.2) is 48.7 Å². The van der Waals surface area contributed by atoms with Crippen molar-refractivity contribution in [3.05, 3.63) is 54.4 Å². The van der Waals surface area contributed by atoms with E-state index < -0.39 is 0 Å². The van der Waals surface area contributed by atoms with Crippen LogP contribution in [0, 0.1) is 0 Å². The number of urea groups is 1. The number of hydrogen-bond acceptors (Lipinski definition) is 4. The van der Waals surface area contributed by atoms with Crippen molar-refractivity contribution in [2.75, 3.05) is 52.4 Å². The van der Waals surface area contributed by atoms with E-state index in [0.717, 1.165) is 5.69 Å². The summed E-state index contributed by atoms with van der Waals surface area (Å²) in [4.78, 5) is 29.2. The zero-order chi connectivity index (χ0) is 21.8. The molecule has 0 spiro atoms. The molecule has 0 radical (unpaired) electrons. The third kappa shape index (κ3) is 7.53. The molecule has 1 aromatic heterocycles. The van der Waals surface area contributed by atoms with Gasteiger partial charge in [-0.2, -0.15) is 0 Å². The van der Waals surface area contributed by atoms with Gasteiger partial charge in [0, 0.05) is 58.5 Å². The maximum Gasteiger partial charge on any atom is 0.322 e. The number of para-hydroxylation sites is 1. The van der Waals surface area contributed by atoms with Crippen molar-refractivity contribution in [3.8, 4) is 0 Å². The predicted octanol–water partition coefficient (Wildman–Crippen LogP) is 2.57. The largest absolute Gasteiger partial charge is 0.385 e. The Kier molecular flexibility index (Phi) is 9.90. The molecular weight excluding hydrogens is 384 g/mol.